The third kappa shape index (κ3) is 5.42. The molecule has 2 rings (SSSR count). The third-order valence-corrected chi connectivity index (χ3v) is 7.03. The molecule has 2 atom stereocenters. The van der Waals surface area contributed by atoms with Gasteiger partial charge in [-0.1, -0.05) is 55.0 Å². The minimum atomic E-state index is -3.59. The summed E-state index contributed by atoms with van der Waals surface area (Å²) in [7, 11) is -3.59. The average molecular weight is 388 g/mol. The number of carbonyl (C=O) groups excluding carboxylic acids is 1. The molecule has 0 saturated heterocycles. The van der Waals surface area contributed by atoms with Gasteiger partial charge in [-0.3, -0.25) is 4.79 Å². The molecule has 0 bridgehead atoms. The topological polar surface area (TPSA) is 63.2 Å². The summed E-state index contributed by atoms with van der Waals surface area (Å²) in [6.07, 6.45) is 0. The van der Waals surface area contributed by atoms with Gasteiger partial charge < -0.3 is 5.32 Å². The van der Waals surface area contributed by atoms with Gasteiger partial charge in [0.25, 0.3) is 0 Å². The van der Waals surface area contributed by atoms with Crippen LogP contribution >= 0.6 is 0 Å². The van der Waals surface area contributed by atoms with Gasteiger partial charge in [0.2, 0.25) is 5.91 Å². The summed E-state index contributed by atoms with van der Waals surface area (Å²) in [4.78, 5) is 12.4. The molecule has 0 saturated carbocycles. The number of hydrogen-bond acceptors (Lipinski definition) is 3. The van der Waals surface area contributed by atoms with Gasteiger partial charge in [-0.15, -0.1) is 0 Å². The second kappa shape index (κ2) is 8.70. The molecule has 0 aliphatic heterocycles. The van der Waals surface area contributed by atoms with Crippen molar-refractivity contribution in [1.29, 1.82) is 0 Å². The molecular weight excluding hydrogens is 358 g/mol. The van der Waals surface area contributed by atoms with Gasteiger partial charge in [0, 0.05) is 6.54 Å². The summed E-state index contributed by atoms with van der Waals surface area (Å²) in [5.41, 5.74) is 4.90. The van der Waals surface area contributed by atoms with Gasteiger partial charge in [0.1, 0.15) is 5.25 Å². The molecule has 2 aromatic rings. The first-order chi connectivity index (χ1) is 12.6. The van der Waals surface area contributed by atoms with Crippen LogP contribution in [0.1, 0.15) is 47.6 Å². The van der Waals surface area contributed by atoms with E-state index in [1.165, 1.54) is 6.92 Å². The summed E-state index contributed by atoms with van der Waals surface area (Å²) in [5, 5.41) is 1.71. The lowest BCUT2D eigenvalue weighted by molar-refractivity contribution is -0.120. The summed E-state index contributed by atoms with van der Waals surface area (Å²) < 4.78 is 25.6. The molecular formula is C22H29NO3S. The first kappa shape index (κ1) is 21.2. The summed E-state index contributed by atoms with van der Waals surface area (Å²) in [6.45, 7) is 9.70. The number of amides is 1. The van der Waals surface area contributed by atoms with E-state index in [1.54, 1.807) is 0 Å². The van der Waals surface area contributed by atoms with Crippen LogP contribution in [0.4, 0.5) is 0 Å². The zero-order valence-electron chi connectivity index (χ0n) is 16.7. The van der Waals surface area contributed by atoms with Crippen LogP contribution in [-0.2, 0) is 20.4 Å². The van der Waals surface area contributed by atoms with Crippen LogP contribution in [-0.4, -0.2) is 26.1 Å². The summed E-state index contributed by atoms with van der Waals surface area (Å²) in [6, 6.07) is 13.8. The number of sulfone groups is 1. The van der Waals surface area contributed by atoms with Crippen LogP contribution in [0.3, 0.4) is 0 Å². The number of nitrogens with one attached hydrogen (secondary N) is 1. The van der Waals surface area contributed by atoms with Gasteiger partial charge in [-0.05, 0) is 55.9 Å². The van der Waals surface area contributed by atoms with E-state index in [9.17, 15) is 13.2 Å². The minimum absolute atomic E-state index is 0.117. The van der Waals surface area contributed by atoms with Gasteiger partial charge >= 0.3 is 0 Å². The van der Waals surface area contributed by atoms with Crippen molar-refractivity contribution in [3.63, 3.8) is 0 Å². The second-order valence-corrected chi connectivity index (χ2v) is 9.71. The maximum Gasteiger partial charge on any atom is 0.238 e. The molecule has 0 spiro atoms. The number of carbonyl (C=O) groups is 1. The Hall–Kier alpha value is -2.14. The Morgan fingerprint density at radius 2 is 1.56 bits per heavy atom. The first-order valence-corrected chi connectivity index (χ1v) is 10.9. The molecule has 0 fully saturated rings. The highest BCUT2D eigenvalue weighted by atomic mass is 32.2. The zero-order chi connectivity index (χ0) is 20.2. The molecule has 146 valence electrons. The Morgan fingerprint density at radius 3 is 2.11 bits per heavy atom. The van der Waals surface area contributed by atoms with Crippen molar-refractivity contribution in [1.82, 2.24) is 5.32 Å². The Morgan fingerprint density at radius 1 is 1.00 bits per heavy atom. The van der Waals surface area contributed by atoms with Gasteiger partial charge in [-0.25, -0.2) is 8.42 Å². The molecule has 0 heterocycles. The van der Waals surface area contributed by atoms with E-state index >= 15 is 0 Å². The fourth-order valence-electron chi connectivity index (χ4n) is 3.22. The van der Waals surface area contributed by atoms with Gasteiger partial charge in [0.05, 0.1) is 5.75 Å². The van der Waals surface area contributed by atoms with Crippen LogP contribution in [0.2, 0.25) is 0 Å². The summed E-state index contributed by atoms with van der Waals surface area (Å²) in [5.74, 6) is -0.444. The molecule has 0 radical (unpaired) electrons. The van der Waals surface area contributed by atoms with Crippen LogP contribution in [0, 0.1) is 20.8 Å². The van der Waals surface area contributed by atoms with E-state index in [2.05, 4.69) is 5.32 Å². The molecule has 0 aliphatic carbocycles. The maximum absolute atomic E-state index is 12.8. The van der Waals surface area contributed by atoms with E-state index in [0.29, 0.717) is 6.54 Å². The van der Waals surface area contributed by atoms with Crippen molar-refractivity contribution in [2.24, 2.45) is 0 Å². The lowest BCUT2D eigenvalue weighted by Crippen LogP contribution is -2.40. The van der Waals surface area contributed by atoms with E-state index < -0.39 is 21.0 Å². The molecule has 0 aliphatic rings. The fraction of sp³-hybridized carbons (Fsp3) is 0.409. The van der Waals surface area contributed by atoms with Crippen molar-refractivity contribution in [3.8, 4) is 0 Å². The number of hydrogen-bond donors (Lipinski definition) is 1. The molecule has 2 aromatic carbocycles. The number of rotatable bonds is 7. The van der Waals surface area contributed by atoms with Gasteiger partial charge in [0.15, 0.2) is 9.84 Å². The average Bonchev–Trinajstić information content (AvgIpc) is 2.62. The predicted octanol–water partition coefficient (Wildman–Crippen LogP) is 3.84. The standard InChI is InChI=1S/C22H29NO3S/c1-15-11-16(2)21(17(3)12-15)14-27(25,26)19(5)22(24)23-13-18(4)20-9-7-6-8-10-20/h6-12,18-19H,13-14H2,1-5H3,(H,23,24). The molecule has 1 N–H and O–H groups in total. The zero-order valence-corrected chi connectivity index (χ0v) is 17.6. The maximum atomic E-state index is 12.8. The molecule has 0 aromatic heterocycles. The van der Waals surface area contributed by atoms with Gasteiger partial charge in [-0.2, -0.15) is 0 Å². The smallest absolute Gasteiger partial charge is 0.238 e. The highest BCUT2D eigenvalue weighted by Gasteiger charge is 2.29. The SMILES string of the molecule is Cc1cc(C)c(CS(=O)(=O)C(C)C(=O)NCC(C)c2ccccc2)c(C)c1. The number of aryl methyl sites for hydroxylation is 3. The Kier molecular flexibility index (Phi) is 6.82. The molecule has 4 nitrogen and oxygen atoms in total. The quantitative estimate of drug-likeness (QED) is 0.785. The normalized spacial score (nSPS) is 13.8. The van der Waals surface area contributed by atoms with Crippen molar-refractivity contribution in [3.05, 3.63) is 70.3 Å². The van der Waals surface area contributed by atoms with Crippen LogP contribution < -0.4 is 5.32 Å². The lowest BCUT2D eigenvalue weighted by Gasteiger charge is -2.18. The lowest BCUT2D eigenvalue weighted by atomic mass is 10.0. The monoisotopic (exact) mass is 387 g/mol. The van der Waals surface area contributed by atoms with E-state index in [1.807, 2.05) is 70.2 Å². The molecule has 5 heteroatoms. The highest BCUT2D eigenvalue weighted by Crippen LogP contribution is 2.21. The van der Waals surface area contributed by atoms with Crippen LogP contribution in [0.5, 0.6) is 0 Å². The Balaban J connectivity index is 2.05. The Bertz CT molecular complexity index is 881. The van der Waals surface area contributed by atoms with E-state index in [0.717, 1.165) is 27.8 Å². The first-order valence-electron chi connectivity index (χ1n) is 9.22. The molecule has 27 heavy (non-hydrogen) atoms. The van der Waals surface area contributed by atoms with Crippen molar-refractivity contribution in [2.45, 2.75) is 51.5 Å². The third-order valence-electron chi connectivity index (χ3n) is 5.04. The van der Waals surface area contributed by atoms with E-state index in [4.69, 9.17) is 0 Å². The van der Waals surface area contributed by atoms with Crippen LogP contribution in [0.15, 0.2) is 42.5 Å². The van der Waals surface area contributed by atoms with E-state index in [-0.39, 0.29) is 11.7 Å². The van der Waals surface area contributed by atoms with Crippen molar-refractivity contribution >= 4 is 15.7 Å². The predicted molar refractivity (Wildman–Crippen MR) is 111 cm³/mol. The largest absolute Gasteiger partial charge is 0.354 e. The fourth-order valence-corrected chi connectivity index (χ4v) is 4.74. The minimum Gasteiger partial charge on any atom is -0.354 e. The highest BCUT2D eigenvalue weighted by molar-refractivity contribution is 7.92. The Labute approximate surface area is 162 Å². The molecule has 2 unspecified atom stereocenters. The number of benzene rings is 2. The molecule has 1 amide bonds. The summed E-state index contributed by atoms with van der Waals surface area (Å²) >= 11 is 0. The van der Waals surface area contributed by atoms with Crippen molar-refractivity contribution in [2.75, 3.05) is 6.54 Å². The second-order valence-electron chi connectivity index (χ2n) is 7.38. The van der Waals surface area contributed by atoms with Crippen LogP contribution in [0.25, 0.3) is 0 Å². The van der Waals surface area contributed by atoms with Crippen molar-refractivity contribution < 1.29 is 13.2 Å².